The van der Waals surface area contributed by atoms with E-state index in [0.29, 0.717) is 0 Å². The van der Waals surface area contributed by atoms with Crippen LogP contribution in [0.25, 0.3) is 0 Å². The minimum absolute atomic E-state index is 0.798. The average molecular weight is 492 g/mol. The fraction of sp³-hybridized carbons (Fsp3) is 0.636. The van der Waals surface area contributed by atoms with E-state index in [0.717, 1.165) is 30.8 Å². The second-order valence-electron chi connectivity index (χ2n) is 12.0. The van der Waals surface area contributed by atoms with Crippen molar-refractivity contribution in [2.24, 2.45) is 11.8 Å². The number of rotatable bonds is 2. The summed E-state index contributed by atoms with van der Waals surface area (Å²) in [6.07, 6.45) is 8.53. The van der Waals surface area contributed by atoms with E-state index < -0.39 is 0 Å². The van der Waals surface area contributed by atoms with Gasteiger partial charge in [0, 0.05) is 31.9 Å². The lowest BCUT2D eigenvalue weighted by Crippen LogP contribution is -2.44. The van der Waals surface area contributed by atoms with Crippen LogP contribution in [0, 0.1) is 25.7 Å². The van der Waals surface area contributed by atoms with Gasteiger partial charge in [0.05, 0.1) is 0 Å². The van der Waals surface area contributed by atoms with Gasteiger partial charge in [-0.25, -0.2) is 0 Å². The summed E-state index contributed by atoms with van der Waals surface area (Å²) in [6, 6.07) is 17.9. The van der Waals surface area contributed by atoms with Crippen molar-refractivity contribution in [1.29, 1.82) is 0 Å². The van der Waals surface area contributed by atoms with Crippen LogP contribution in [0.2, 0.25) is 0 Å². The van der Waals surface area contributed by atoms with Gasteiger partial charge in [-0.1, -0.05) is 87.1 Å². The Morgan fingerprint density at radius 2 is 0.944 bits per heavy atom. The third-order valence-electron chi connectivity index (χ3n) is 8.47. The molecule has 3 fully saturated rings. The molecule has 3 heteroatoms. The summed E-state index contributed by atoms with van der Waals surface area (Å²) >= 11 is 0. The summed E-state index contributed by atoms with van der Waals surface area (Å²) in [7, 11) is 4.40. The Bertz CT molecular complexity index is 762. The zero-order valence-electron chi connectivity index (χ0n) is 24.2. The lowest BCUT2D eigenvalue weighted by molar-refractivity contribution is 0.255. The van der Waals surface area contributed by atoms with E-state index in [2.05, 4.69) is 105 Å². The maximum absolute atomic E-state index is 2.46. The van der Waals surface area contributed by atoms with Crippen LogP contribution in [0.1, 0.15) is 75.0 Å². The zero-order chi connectivity index (χ0) is 25.9. The second-order valence-corrected chi connectivity index (χ2v) is 12.0. The highest BCUT2D eigenvalue weighted by Crippen LogP contribution is 2.28. The van der Waals surface area contributed by atoms with Crippen LogP contribution >= 0.6 is 0 Å². The lowest BCUT2D eigenvalue weighted by Gasteiger charge is -2.34. The Kier molecular flexibility index (Phi) is 11.8. The molecule has 1 saturated carbocycles. The van der Waals surface area contributed by atoms with Crippen molar-refractivity contribution < 1.29 is 0 Å². The summed E-state index contributed by atoms with van der Waals surface area (Å²) in [5.74, 6) is 2.84. The highest BCUT2D eigenvalue weighted by atomic mass is 15.2. The van der Waals surface area contributed by atoms with Crippen molar-refractivity contribution in [2.75, 3.05) is 58.3 Å². The molecule has 5 rings (SSSR count). The fourth-order valence-corrected chi connectivity index (χ4v) is 5.43. The number of nitrogens with zero attached hydrogens (tertiary/aromatic N) is 3. The van der Waals surface area contributed by atoms with Gasteiger partial charge in [-0.05, 0) is 89.3 Å². The molecule has 0 atom stereocenters. The summed E-state index contributed by atoms with van der Waals surface area (Å²) in [5, 5.41) is 0. The van der Waals surface area contributed by atoms with E-state index >= 15 is 0 Å². The normalized spacial score (nSPS) is 23.8. The van der Waals surface area contributed by atoms with Gasteiger partial charge in [-0.2, -0.15) is 0 Å². The van der Waals surface area contributed by atoms with Gasteiger partial charge >= 0.3 is 0 Å². The molecule has 1 aliphatic carbocycles. The topological polar surface area (TPSA) is 9.72 Å². The Balaban J connectivity index is 0.000000157. The molecule has 200 valence electrons. The minimum Gasteiger partial charge on any atom is -0.369 e. The predicted octanol–water partition coefficient (Wildman–Crippen LogP) is 7.38. The monoisotopic (exact) mass is 491 g/mol. The minimum atomic E-state index is 0.798. The molecule has 3 aliphatic rings. The van der Waals surface area contributed by atoms with Crippen molar-refractivity contribution in [2.45, 2.75) is 72.1 Å². The zero-order valence-corrected chi connectivity index (χ0v) is 24.2. The molecule has 2 aliphatic heterocycles. The van der Waals surface area contributed by atoms with Crippen LogP contribution in [0.5, 0.6) is 0 Å². The quantitative estimate of drug-likeness (QED) is 0.434. The Morgan fingerprint density at radius 3 is 1.42 bits per heavy atom. The van der Waals surface area contributed by atoms with Gasteiger partial charge in [-0.3, -0.25) is 0 Å². The van der Waals surface area contributed by atoms with Gasteiger partial charge in [0.1, 0.15) is 0 Å². The predicted molar refractivity (Wildman–Crippen MR) is 158 cm³/mol. The van der Waals surface area contributed by atoms with E-state index in [9.17, 15) is 0 Å². The standard InChI is InChI=1S/C13H19N.C12H18N2.C8H16/c1-11-3-5-12(6-4-11)13-7-9-14(2)10-8-13;1-11-3-5-12(6-4-11)14-9-7-13(2)8-10-14;1-7-3-5-8(2)6-4-7/h3-6,13H,7-10H2,1-2H3;3-6H,7-10H2,1-2H3;7-8H,3-6H2,1-2H3. The number of aryl methyl sites for hydroxylation is 2. The maximum atomic E-state index is 2.46. The van der Waals surface area contributed by atoms with Crippen LogP contribution in [-0.4, -0.2) is 63.2 Å². The van der Waals surface area contributed by atoms with E-state index in [1.165, 1.54) is 87.1 Å². The van der Waals surface area contributed by atoms with Gasteiger partial charge in [-0.15, -0.1) is 0 Å². The molecule has 2 heterocycles. The van der Waals surface area contributed by atoms with Crippen molar-refractivity contribution in [3.8, 4) is 0 Å². The van der Waals surface area contributed by atoms with Crippen molar-refractivity contribution >= 4 is 5.69 Å². The highest BCUT2D eigenvalue weighted by molar-refractivity contribution is 5.47. The Hall–Kier alpha value is -1.84. The van der Waals surface area contributed by atoms with Crippen LogP contribution in [0.4, 0.5) is 5.69 Å². The first-order chi connectivity index (χ1) is 17.3. The molecule has 0 aromatic heterocycles. The summed E-state index contributed by atoms with van der Waals surface area (Å²) in [4.78, 5) is 7.26. The van der Waals surface area contributed by atoms with Gasteiger partial charge < -0.3 is 14.7 Å². The van der Waals surface area contributed by atoms with E-state index in [1.807, 2.05) is 0 Å². The fourth-order valence-electron chi connectivity index (χ4n) is 5.43. The maximum Gasteiger partial charge on any atom is 0.0367 e. The number of piperidine rings is 1. The molecular formula is C33H53N3. The van der Waals surface area contributed by atoms with Crippen molar-refractivity contribution in [3.63, 3.8) is 0 Å². The van der Waals surface area contributed by atoms with E-state index in [1.54, 1.807) is 0 Å². The van der Waals surface area contributed by atoms with Crippen LogP contribution < -0.4 is 4.90 Å². The number of piperazine rings is 1. The molecule has 2 aromatic rings. The average Bonchev–Trinajstić information content (AvgIpc) is 2.89. The molecule has 0 amide bonds. The number of benzene rings is 2. The third kappa shape index (κ3) is 9.90. The number of hydrogen-bond donors (Lipinski definition) is 0. The number of likely N-dealkylation sites (tertiary alicyclic amines) is 1. The first kappa shape index (κ1) is 28.7. The molecule has 3 nitrogen and oxygen atoms in total. The molecule has 0 radical (unpaired) electrons. The smallest absolute Gasteiger partial charge is 0.0367 e. The van der Waals surface area contributed by atoms with E-state index in [-0.39, 0.29) is 0 Å². The molecule has 0 unspecified atom stereocenters. The molecule has 0 N–H and O–H groups in total. The highest BCUT2D eigenvalue weighted by Gasteiger charge is 2.18. The van der Waals surface area contributed by atoms with Gasteiger partial charge in [0.15, 0.2) is 0 Å². The van der Waals surface area contributed by atoms with Crippen molar-refractivity contribution in [1.82, 2.24) is 9.80 Å². The molecule has 0 spiro atoms. The Labute approximate surface area is 222 Å². The Morgan fingerprint density at radius 1 is 0.528 bits per heavy atom. The van der Waals surface area contributed by atoms with Crippen LogP contribution in [0.3, 0.4) is 0 Å². The third-order valence-corrected chi connectivity index (χ3v) is 8.47. The second kappa shape index (κ2) is 14.8. The van der Waals surface area contributed by atoms with Crippen LogP contribution in [-0.2, 0) is 0 Å². The number of anilines is 1. The van der Waals surface area contributed by atoms with Crippen molar-refractivity contribution in [3.05, 3.63) is 65.2 Å². The van der Waals surface area contributed by atoms with Gasteiger partial charge in [0.25, 0.3) is 0 Å². The first-order valence-corrected chi connectivity index (χ1v) is 14.6. The lowest BCUT2D eigenvalue weighted by atomic mass is 9.84. The number of hydrogen-bond acceptors (Lipinski definition) is 3. The number of likely N-dealkylation sites (N-methyl/N-ethyl adjacent to an activating group) is 1. The van der Waals surface area contributed by atoms with Gasteiger partial charge in [0.2, 0.25) is 0 Å². The summed E-state index contributed by atoms with van der Waals surface area (Å²) in [6.45, 7) is 16.2. The van der Waals surface area contributed by atoms with Crippen LogP contribution in [0.15, 0.2) is 48.5 Å². The SMILES string of the molecule is CC1CCC(C)CC1.Cc1ccc(C2CCN(C)CC2)cc1.Cc1ccc(N2CCN(C)CC2)cc1. The molecule has 0 bridgehead atoms. The molecule has 2 saturated heterocycles. The van der Waals surface area contributed by atoms with E-state index in [4.69, 9.17) is 0 Å². The summed E-state index contributed by atoms with van der Waals surface area (Å²) in [5.41, 5.74) is 5.59. The molecule has 2 aromatic carbocycles. The largest absolute Gasteiger partial charge is 0.369 e. The first-order valence-electron chi connectivity index (χ1n) is 14.6. The summed E-state index contributed by atoms with van der Waals surface area (Å²) < 4.78 is 0. The molecule has 36 heavy (non-hydrogen) atoms. The molecular weight excluding hydrogens is 438 g/mol.